The first-order valence-electron chi connectivity index (χ1n) is 5.07. The highest BCUT2D eigenvalue weighted by atomic mass is 79.9. The van der Waals surface area contributed by atoms with E-state index in [0.717, 1.165) is 0 Å². The van der Waals surface area contributed by atoms with Crippen molar-refractivity contribution in [3.63, 3.8) is 0 Å². The maximum absolute atomic E-state index is 11.4. The van der Waals surface area contributed by atoms with E-state index in [1.807, 2.05) is 0 Å². The van der Waals surface area contributed by atoms with Crippen LogP contribution < -0.4 is 0 Å². The first kappa shape index (κ1) is 13.6. The van der Waals surface area contributed by atoms with E-state index in [4.69, 9.17) is 0 Å². The topological polar surface area (TPSA) is 70.5 Å². The molecule has 0 saturated heterocycles. The van der Waals surface area contributed by atoms with E-state index in [9.17, 15) is 14.7 Å². The number of hydrogen-bond acceptors (Lipinski definition) is 3. The number of amides is 1. The highest BCUT2D eigenvalue weighted by Gasteiger charge is 2.28. The number of halogens is 1. The highest BCUT2D eigenvalue weighted by Crippen LogP contribution is 2.23. The number of carboxylic acids is 1. The Kier molecular flexibility index (Phi) is 4.62. The van der Waals surface area contributed by atoms with E-state index >= 15 is 0 Å². The van der Waals surface area contributed by atoms with Crippen molar-refractivity contribution in [3.8, 4) is 0 Å². The van der Waals surface area contributed by atoms with Crippen LogP contribution in [0.2, 0.25) is 0 Å². The summed E-state index contributed by atoms with van der Waals surface area (Å²) in [6, 6.07) is 0.652. The van der Waals surface area contributed by atoms with E-state index < -0.39 is 12.0 Å². The zero-order valence-corrected chi connectivity index (χ0v) is 11.1. The molecule has 6 heteroatoms. The van der Waals surface area contributed by atoms with Crippen LogP contribution in [-0.2, 0) is 9.59 Å². The number of carbonyl (C=O) groups is 2. The molecule has 0 fully saturated rings. The summed E-state index contributed by atoms with van der Waals surface area (Å²) in [6.07, 6.45) is 3.02. The minimum Gasteiger partial charge on any atom is -0.479 e. The lowest BCUT2D eigenvalue weighted by molar-refractivity contribution is -0.149. The first-order valence-corrected chi connectivity index (χ1v) is 5.87. The molecule has 92 valence electrons. The second-order valence-corrected chi connectivity index (χ2v) is 4.40. The predicted molar refractivity (Wildman–Crippen MR) is 65.4 cm³/mol. The Bertz CT molecular complexity index is 436. The van der Waals surface area contributed by atoms with Crippen LogP contribution in [-0.4, -0.2) is 33.4 Å². The summed E-state index contributed by atoms with van der Waals surface area (Å²) in [5, 5.41) is 9.23. The Morgan fingerprint density at radius 3 is 2.59 bits per heavy atom. The molecule has 0 aliphatic heterocycles. The molecule has 1 aromatic heterocycles. The van der Waals surface area contributed by atoms with Crippen LogP contribution in [0.4, 0.5) is 0 Å². The summed E-state index contributed by atoms with van der Waals surface area (Å²) in [5.74, 6) is -1.35. The molecule has 0 bridgehead atoms. The molecule has 0 aromatic carbocycles. The summed E-state index contributed by atoms with van der Waals surface area (Å²) < 4.78 is 0.681. The molecular weight excluding hydrogens is 288 g/mol. The Hall–Kier alpha value is -1.43. The van der Waals surface area contributed by atoms with Crippen molar-refractivity contribution >= 4 is 27.8 Å². The predicted octanol–water partition coefficient (Wildman–Crippen LogP) is 1.84. The van der Waals surface area contributed by atoms with Crippen LogP contribution in [0.25, 0.3) is 0 Å². The SMILES string of the molecule is CCN(C(C)=O)C(C(=O)O)c1cncc(Br)c1. The molecule has 0 aliphatic carbocycles. The largest absolute Gasteiger partial charge is 0.479 e. The van der Waals surface area contributed by atoms with Gasteiger partial charge in [0, 0.05) is 35.9 Å². The lowest BCUT2D eigenvalue weighted by Gasteiger charge is -2.26. The Balaban J connectivity index is 3.17. The fourth-order valence-corrected chi connectivity index (χ4v) is 2.00. The van der Waals surface area contributed by atoms with Crippen molar-refractivity contribution < 1.29 is 14.7 Å². The maximum atomic E-state index is 11.4. The van der Waals surface area contributed by atoms with Gasteiger partial charge in [-0.3, -0.25) is 9.78 Å². The average Bonchev–Trinajstić information content (AvgIpc) is 2.24. The van der Waals surface area contributed by atoms with Gasteiger partial charge in [-0.15, -0.1) is 0 Å². The summed E-state index contributed by atoms with van der Waals surface area (Å²) in [4.78, 5) is 27.9. The van der Waals surface area contributed by atoms with Gasteiger partial charge in [-0.1, -0.05) is 0 Å². The minimum absolute atomic E-state index is 0.278. The average molecular weight is 301 g/mol. The van der Waals surface area contributed by atoms with Gasteiger partial charge >= 0.3 is 5.97 Å². The van der Waals surface area contributed by atoms with Gasteiger partial charge in [-0.05, 0) is 28.9 Å². The van der Waals surface area contributed by atoms with Gasteiger partial charge in [0.25, 0.3) is 0 Å². The van der Waals surface area contributed by atoms with Crippen LogP contribution in [0, 0.1) is 0 Å². The molecular formula is C11H13BrN2O3. The number of carbonyl (C=O) groups excluding carboxylic acids is 1. The number of likely N-dealkylation sites (N-methyl/N-ethyl adjacent to an activating group) is 1. The molecule has 1 atom stereocenters. The number of rotatable bonds is 4. The molecule has 0 radical (unpaired) electrons. The number of nitrogens with zero attached hydrogens (tertiary/aromatic N) is 2. The third-order valence-electron chi connectivity index (χ3n) is 2.33. The van der Waals surface area contributed by atoms with Gasteiger partial charge in [0.05, 0.1) is 0 Å². The van der Waals surface area contributed by atoms with Crippen LogP contribution in [0.15, 0.2) is 22.9 Å². The van der Waals surface area contributed by atoms with E-state index in [-0.39, 0.29) is 5.91 Å². The normalized spacial score (nSPS) is 11.9. The molecule has 1 unspecified atom stereocenters. The first-order chi connectivity index (χ1) is 7.97. The van der Waals surface area contributed by atoms with Crippen molar-refractivity contribution in [1.82, 2.24) is 9.88 Å². The van der Waals surface area contributed by atoms with Gasteiger partial charge in [-0.25, -0.2) is 4.79 Å². The molecule has 0 spiro atoms. The molecule has 1 N–H and O–H groups in total. The van der Waals surface area contributed by atoms with Crippen LogP contribution in [0.1, 0.15) is 25.5 Å². The number of carboxylic acid groups (broad SMARTS) is 1. The van der Waals surface area contributed by atoms with Crippen molar-refractivity contribution in [2.24, 2.45) is 0 Å². The molecule has 0 saturated carbocycles. The number of aliphatic carboxylic acids is 1. The van der Waals surface area contributed by atoms with E-state index in [1.165, 1.54) is 18.0 Å². The van der Waals surface area contributed by atoms with Crippen LogP contribution >= 0.6 is 15.9 Å². The lowest BCUT2D eigenvalue weighted by Crippen LogP contribution is -2.37. The van der Waals surface area contributed by atoms with Crippen LogP contribution in [0.5, 0.6) is 0 Å². The Morgan fingerprint density at radius 2 is 2.18 bits per heavy atom. The fourth-order valence-electron chi connectivity index (χ4n) is 1.62. The van der Waals surface area contributed by atoms with Gasteiger partial charge in [0.15, 0.2) is 6.04 Å². The fraction of sp³-hybridized carbons (Fsp3) is 0.364. The van der Waals surface area contributed by atoms with E-state index in [1.54, 1.807) is 19.2 Å². The van der Waals surface area contributed by atoms with Crippen LogP contribution in [0.3, 0.4) is 0 Å². The van der Waals surface area contributed by atoms with Gasteiger partial charge < -0.3 is 10.0 Å². The number of aromatic nitrogens is 1. The second-order valence-electron chi connectivity index (χ2n) is 3.48. The summed E-state index contributed by atoms with van der Waals surface area (Å²) in [7, 11) is 0. The number of hydrogen-bond donors (Lipinski definition) is 1. The van der Waals surface area contributed by atoms with Crippen molar-refractivity contribution in [1.29, 1.82) is 0 Å². The quantitative estimate of drug-likeness (QED) is 0.921. The monoisotopic (exact) mass is 300 g/mol. The highest BCUT2D eigenvalue weighted by molar-refractivity contribution is 9.10. The Labute approximate surface area is 108 Å². The molecule has 5 nitrogen and oxygen atoms in total. The zero-order valence-electron chi connectivity index (χ0n) is 9.55. The van der Waals surface area contributed by atoms with Crippen molar-refractivity contribution in [2.45, 2.75) is 19.9 Å². The number of pyridine rings is 1. The lowest BCUT2D eigenvalue weighted by atomic mass is 10.1. The molecule has 1 heterocycles. The second kappa shape index (κ2) is 5.77. The standard InChI is InChI=1S/C11H13BrN2O3/c1-3-14(7(2)15)10(11(16)17)8-4-9(12)6-13-5-8/h4-6,10H,3H2,1-2H3,(H,16,17). The summed E-state index contributed by atoms with van der Waals surface area (Å²) >= 11 is 3.23. The van der Waals surface area contributed by atoms with E-state index in [0.29, 0.717) is 16.6 Å². The molecule has 17 heavy (non-hydrogen) atoms. The third-order valence-corrected chi connectivity index (χ3v) is 2.77. The third kappa shape index (κ3) is 3.26. The van der Waals surface area contributed by atoms with Gasteiger partial charge in [0.2, 0.25) is 5.91 Å². The molecule has 1 amide bonds. The summed E-state index contributed by atoms with van der Waals surface area (Å²) in [5.41, 5.74) is 0.476. The van der Waals surface area contributed by atoms with Crippen molar-refractivity contribution in [2.75, 3.05) is 6.54 Å². The summed E-state index contributed by atoms with van der Waals surface area (Å²) in [6.45, 7) is 3.42. The molecule has 0 aliphatic rings. The molecule has 1 rings (SSSR count). The van der Waals surface area contributed by atoms with Gasteiger partial charge in [0.1, 0.15) is 0 Å². The molecule has 1 aromatic rings. The Morgan fingerprint density at radius 1 is 1.53 bits per heavy atom. The van der Waals surface area contributed by atoms with E-state index in [2.05, 4.69) is 20.9 Å². The minimum atomic E-state index is -1.07. The van der Waals surface area contributed by atoms with Gasteiger partial charge in [-0.2, -0.15) is 0 Å². The maximum Gasteiger partial charge on any atom is 0.331 e. The zero-order chi connectivity index (χ0) is 13.0. The smallest absolute Gasteiger partial charge is 0.331 e. The van der Waals surface area contributed by atoms with Crippen molar-refractivity contribution in [3.05, 3.63) is 28.5 Å².